The monoisotopic (exact) mass is 346 g/mol. The molecule has 3 heteroatoms. The van der Waals surface area contributed by atoms with E-state index in [4.69, 9.17) is 4.74 Å². The fraction of sp³-hybridized carbons (Fsp3) is 0.955. The molecule has 4 aliphatic carbocycles. The quantitative estimate of drug-likeness (QED) is 0.727. The lowest BCUT2D eigenvalue weighted by atomic mass is 9.44. The molecule has 1 aliphatic heterocycles. The van der Waals surface area contributed by atoms with E-state index in [1.54, 1.807) is 6.92 Å². The summed E-state index contributed by atoms with van der Waals surface area (Å²) in [6, 6.07) is 0. The van der Waals surface area contributed by atoms with Crippen molar-refractivity contribution in [1.29, 1.82) is 0 Å². The average Bonchev–Trinajstić information content (AvgIpc) is 3.13. The zero-order valence-electron chi connectivity index (χ0n) is 16.3. The number of aliphatic hydroxyl groups is 1. The van der Waals surface area contributed by atoms with Crippen molar-refractivity contribution in [1.82, 2.24) is 0 Å². The summed E-state index contributed by atoms with van der Waals surface area (Å²) in [5.74, 6) is 3.13. The van der Waals surface area contributed by atoms with Gasteiger partial charge in [0.2, 0.25) is 0 Å². The summed E-state index contributed by atoms with van der Waals surface area (Å²) < 4.78 is 6.20. The van der Waals surface area contributed by atoms with Crippen LogP contribution < -0.4 is 0 Å². The lowest BCUT2D eigenvalue weighted by Crippen LogP contribution is -2.56. The fourth-order valence-electron chi connectivity index (χ4n) is 8.85. The highest BCUT2D eigenvalue weighted by Gasteiger charge is 2.85. The van der Waals surface area contributed by atoms with Crippen LogP contribution in [0.3, 0.4) is 0 Å². The molecule has 5 fully saturated rings. The van der Waals surface area contributed by atoms with Crippen molar-refractivity contribution < 1.29 is 14.6 Å². The van der Waals surface area contributed by atoms with E-state index in [1.807, 2.05) is 0 Å². The van der Waals surface area contributed by atoms with E-state index >= 15 is 0 Å². The van der Waals surface area contributed by atoms with Gasteiger partial charge in [-0.05, 0) is 94.3 Å². The van der Waals surface area contributed by atoms with Crippen LogP contribution in [0.4, 0.5) is 0 Å². The molecule has 1 N–H and O–H groups in total. The first-order valence-electron chi connectivity index (χ1n) is 10.6. The van der Waals surface area contributed by atoms with Crippen LogP contribution in [-0.4, -0.2) is 28.2 Å². The van der Waals surface area contributed by atoms with Gasteiger partial charge in [-0.15, -0.1) is 0 Å². The van der Waals surface area contributed by atoms with Crippen molar-refractivity contribution in [2.24, 2.45) is 34.5 Å². The number of hydrogen-bond donors (Lipinski definition) is 1. The first-order valence-corrected chi connectivity index (χ1v) is 10.6. The molecule has 0 spiro atoms. The Morgan fingerprint density at radius 3 is 2.52 bits per heavy atom. The smallest absolute Gasteiger partial charge is 0.165 e. The third-order valence-electron chi connectivity index (χ3n) is 10.0. The number of hydrogen-bond acceptors (Lipinski definition) is 3. The molecule has 0 aromatic heterocycles. The van der Waals surface area contributed by atoms with Gasteiger partial charge in [-0.2, -0.15) is 0 Å². The lowest BCUT2D eigenvalue weighted by molar-refractivity contribution is -0.152. The summed E-state index contributed by atoms with van der Waals surface area (Å²) in [6.07, 6.45) is 9.14. The maximum absolute atomic E-state index is 12.6. The zero-order valence-corrected chi connectivity index (χ0v) is 16.3. The second-order valence-electron chi connectivity index (χ2n) is 10.8. The van der Waals surface area contributed by atoms with Crippen LogP contribution in [0.2, 0.25) is 0 Å². The number of carbonyl (C=O) groups is 1. The fourth-order valence-corrected chi connectivity index (χ4v) is 8.85. The maximum Gasteiger partial charge on any atom is 0.165 e. The molecule has 0 amide bonds. The Morgan fingerprint density at radius 2 is 1.80 bits per heavy atom. The molecule has 9 atom stereocenters. The van der Waals surface area contributed by atoms with Gasteiger partial charge in [0.05, 0.1) is 6.10 Å². The van der Waals surface area contributed by atoms with E-state index in [2.05, 4.69) is 20.8 Å². The van der Waals surface area contributed by atoms with Gasteiger partial charge in [-0.3, -0.25) is 4.79 Å². The van der Waals surface area contributed by atoms with E-state index < -0.39 is 5.60 Å². The van der Waals surface area contributed by atoms with Crippen molar-refractivity contribution in [2.75, 3.05) is 0 Å². The summed E-state index contributed by atoms with van der Waals surface area (Å²) in [4.78, 5) is 12.6. The van der Waals surface area contributed by atoms with Crippen LogP contribution in [0.15, 0.2) is 0 Å². The molecule has 0 bridgehead atoms. The van der Waals surface area contributed by atoms with E-state index in [-0.39, 0.29) is 22.9 Å². The number of carbonyl (C=O) groups excluding carboxylic acids is 1. The predicted molar refractivity (Wildman–Crippen MR) is 96.0 cm³/mol. The standard InChI is InChI=1S/C22H34O3/c1-13(23)22-20(3)10-8-17-16(18(20)12-21(22,4)25-22)6-5-14-11-15(24)7-9-19(14,17)2/h14-18,24H,5-12H2,1-4H3/t14-,15-,16-,17+,18+,19-,20+,21+,22+/m0/s1. The molecule has 1 heterocycles. The molecule has 140 valence electrons. The van der Waals surface area contributed by atoms with Crippen molar-refractivity contribution in [2.45, 2.75) is 96.4 Å². The van der Waals surface area contributed by atoms with Crippen molar-refractivity contribution >= 4 is 5.78 Å². The molecule has 3 nitrogen and oxygen atoms in total. The van der Waals surface area contributed by atoms with Crippen LogP contribution in [0.25, 0.3) is 0 Å². The molecule has 5 rings (SSSR count). The number of fused-ring (bicyclic) bond motifs is 7. The van der Waals surface area contributed by atoms with Crippen LogP contribution in [0.5, 0.6) is 0 Å². The first kappa shape index (κ1) is 16.7. The summed E-state index contributed by atoms with van der Waals surface area (Å²) in [5, 5.41) is 10.2. The highest BCUT2D eigenvalue weighted by molar-refractivity contribution is 5.91. The van der Waals surface area contributed by atoms with Gasteiger partial charge in [-0.25, -0.2) is 0 Å². The SMILES string of the molecule is CC(=O)[C@]12O[C@]1(C)C[C@@H]1[C@H]3CC[C@H]4C[C@@H](O)CC[C@]4(C)[C@@H]3CC[C@]12C. The summed E-state index contributed by atoms with van der Waals surface area (Å²) in [5.41, 5.74) is -0.253. The molecule has 0 unspecified atom stereocenters. The second-order valence-corrected chi connectivity index (χ2v) is 10.8. The van der Waals surface area contributed by atoms with Crippen LogP contribution in [0.1, 0.15) is 79.1 Å². The molecule has 0 radical (unpaired) electrons. The minimum Gasteiger partial charge on any atom is -0.393 e. The Labute approximate surface area is 151 Å². The molecule has 0 aromatic rings. The largest absolute Gasteiger partial charge is 0.393 e. The predicted octanol–water partition coefficient (Wildman–Crippen LogP) is 4.12. The second kappa shape index (κ2) is 4.70. The van der Waals surface area contributed by atoms with E-state index in [0.717, 1.165) is 37.5 Å². The molecule has 4 saturated carbocycles. The average molecular weight is 347 g/mol. The molecule has 0 aromatic carbocycles. The Balaban J connectivity index is 1.49. The molecular formula is C22H34O3. The Morgan fingerprint density at radius 1 is 1.04 bits per heavy atom. The van der Waals surface area contributed by atoms with Gasteiger partial charge in [0.15, 0.2) is 11.4 Å². The number of aliphatic hydroxyl groups excluding tert-OH is 1. The van der Waals surface area contributed by atoms with Gasteiger partial charge < -0.3 is 9.84 Å². The van der Waals surface area contributed by atoms with Crippen LogP contribution in [0, 0.1) is 34.5 Å². The first-order chi connectivity index (χ1) is 11.7. The van der Waals surface area contributed by atoms with Gasteiger partial charge in [-0.1, -0.05) is 13.8 Å². The molecule has 25 heavy (non-hydrogen) atoms. The van der Waals surface area contributed by atoms with Crippen molar-refractivity contribution in [3.8, 4) is 0 Å². The number of ether oxygens (including phenoxy) is 1. The third kappa shape index (κ3) is 1.74. The minimum absolute atomic E-state index is 0.0339. The normalized spacial score (nSPS) is 62.4. The van der Waals surface area contributed by atoms with Gasteiger partial charge in [0.25, 0.3) is 0 Å². The van der Waals surface area contributed by atoms with Crippen LogP contribution >= 0.6 is 0 Å². The maximum atomic E-state index is 12.6. The van der Waals surface area contributed by atoms with Gasteiger partial charge >= 0.3 is 0 Å². The minimum atomic E-state index is -0.490. The number of rotatable bonds is 1. The van der Waals surface area contributed by atoms with Gasteiger partial charge in [0.1, 0.15) is 5.60 Å². The van der Waals surface area contributed by atoms with Crippen LogP contribution in [-0.2, 0) is 9.53 Å². The number of ketones is 1. The highest BCUT2D eigenvalue weighted by Crippen LogP contribution is 2.77. The van der Waals surface area contributed by atoms with Gasteiger partial charge in [0, 0.05) is 5.41 Å². The summed E-state index contributed by atoms with van der Waals surface area (Å²) in [6.45, 7) is 8.84. The zero-order chi connectivity index (χ0) is 17.8. The Kier molecular flexibility index (Phi) is 3.15. The van der Waals surface area contributed by atoms with Crippen molar-refractivity contribution in [3.63, 3.8) is 0 Å². The summed E-state index contributed by atoms with van der Waals surface area (Å²) >= 11 is 0. The lowest BCUT2D eigenvalue weighted by Gasteiger charge is -2.61. The summed E-state index contributed by atoms with van der Waals surface area (Å²) in [7, 11) is 0. The van der Waals surface area contributed by atoms with Crippen molar-refractivity contribution in [3.05, 3.63) is 0 Å². The molecule has 5 aliphatic rings. The van der Waals surface area contributed by atoms with E-state index in [1.165, 1.54) is 25.7 Å². The van der Waals surface area contributed by atoms with E-state index in [9.17, 15) is 9.90 Å². The highest BCUT2D eigenvalue weighted by atomic mass is 16.6. The number of Topliss-reactive ketones (excluding diaryl/α,β-unsaturated/α-hetero) is 1. The van der Waals surface area contributed by atoms with E-state index in [0.29, 0.717) is 17.3 Å². The Bertz CT molecular complexity index is 631. The molecule has 1 saturated heterocycles. The number of epoxide rings is 1. The Hall–Kier alpha value is -0.410. The third-order valence-corrected chi connectivity index (χ3v) is 10.0. The topological polar surface area (TPSA) is 49.8 Å². The molecular weight excluding hydrogens is 312 g/mol.